The van der Waals surface area contributed by atoms with Gasteiger partial charge < -0.3 is 11.1 Å². The van der Waals surface area contributed by atoms with E-state index in [9.17, 15) is 4.79 Å². The van der Waals surface area contributed by atoms with Gasteiger partial charge in [0.1, 0.15) is 0 Å². The van der Waals surface area contributed by atoms with E-state index in [1.54, 1.807) is 0 Å². The summed E-state index contributed by atoms with van der Waals surface area (Å²) in [6, 6.07) is 10.1. The lowest BCUT2D eigenvalue weighted by Gasteiger charge is -2.12. The van der Waals surface area contributed by atoms with Crippen LogP contribution in [0.1, 0.15) is 54.4 Å². The largest absolute Gasteiger partial charge is 0.395 e. The van der Waals surface area contributed by atoms with Gasteiger partial charge in [0.25, 0.3) is 5.91 Å². The number of carbonyl (C=O) groups excluding carboxylic acids is 1. The Hall–Kier alpha value is -2.30. The van der Waals surface area contributed by atoms with Crippen LogP contribution in [0.4, 0.5) is 5.69 Å². The first kappa shape index (κ1) is 15.1. The molecular formula is C16H22N4O. The molecule has 0 bridgehead atoms. The second-order valence-electron chi connectivity index (χ2n) is 5.58. The van der Waals surface area contributed by atoms with Crippen LogP contribution in [0.25, 0.3) is 0 Å². The predicted molar refractivity (Wildman–Crippen MR) is 84.3 cm³/mol. The Morgan fingerprint density at radius 3 is 2.52 bits per heavy atom. The van der Waals surface area contributed by atoms with Crippen LogP contribution >= 0.6 is 0 Å². The first-order valence-electron chi connectivity index (χ1n) is 7.17. The van der Waals surface area contributed by atoms with Crippen LogP contribution in [0.2, 0.25) is 0 Å². The summed E-state index contributed by atoms with van der Waals surface area (Å²) in [5.74, 6) is 0.209. The smallest absolute Gasteiger partial charge is 0.273 e. The fourth-order valence-corrected chi connectivity index (χ4v) is 2.21. The normalized spacial score (nSPS) is 12.4. The summed E-state index contributed by atoms with van der Waals surface area (Å²) in [6.45, 7) is 6.63. The van der Waals surface area contributed by atoms with Crippen molar-refractivity contribution in [2.24, 2.45) is 0 Å². The maximum atomic E-state index is 12.2. The minimum Gasteiger partial charge on any atom is -0.395 e. The maximum Gasteiger partial charge on any atom is 0.273 e. The van der Waals surface area contributed by atoms with Gasteiger partial charge in [-0.15, -0.1) is 0 Å². The van der Waals surface area contributed by atoms with E-state index in [2.05, 4.69) is 34.6 Å². The number of rotatable bonds is 5. The lowest BCUT2D eigenvalue weighted by molar-refractivity contribution is 0.0947. The predicted octanol–water partition coefficient (Wildman–Crippen LogP) is 2.65. The van der Waals surface area contributed by atoms with Crippen molar-refractivity contribution in [1.82, 2.24) is 15.5 Å². The molecule has 1 atom stereocenters. The zero-order chi connectivity index (χ0) is 15.4. The quantitative estimate of drug-likeness (QED) is 0.790. The molecule has 1 aromatic carbocycles. The highest BCUT2D eigenvalue weighted by atomic mass is 16.1. The highest BCUT2D eigenvalue weighted by molar-refractivity contribution is 5.97. The minimum absolute atomic E-state index is 0.210. The highest BCUT2D eigenvalue weighted by Gasteiger charge is 2.19. The molecule has 0 radical (unpaired) electrons. The van der Waals surface area contributed by atoms with Crippen molar-refractivity contribution < 1.29 is 4.79 Å². The Labute approximate surface area is 124 Å². The van der Waals surface area contributed by atoms with E-state index in [1.165, 1.54) is 5.56 Å². The summed E-state index contributed by atoms with van der Waals surface area (Å²) in [6.07, 6.45) is 0. The van der Waals surface area contributed by atoms with E-state index in [-0.39, 0.29) is 23.4 Å². The molecule has 4 N–H and O–H groups in total. The molecule has 5 nitrogen and oxygen atoms in total. The molecule has 1 amide bonds. The van der Waals surface area contributed by atoms with Gasteiger partial charge in [-0.25, -0.2) is 0 Å². The van der Waals surface area contributed by atoms with E-state index < -0.39 is 0 Å². The SMILES string of the molecule is CC(C)c1[nH]nc(C(=O)NCC(C)c2ccccc2)c1N. The van der Waals surface area contributed by atoms with Gasteiger partial charge in [0.15, 0.2) is 5.69 Å². The number of hydrogen-bond donors (Lipinski definition) is 3. The molecule has 0 fully saturated rings. The number of hydrogen-bond acceptors (Lipinski definition) is 3. The summed E-state index contributed by atoms with van der Waals surface area (Å²) >= 11 is 0. The van der Waals surface area contributed by atoms with Crippen LogP contribution in [0, 0.1) is 0 Å². The first-order chi connectivity index (χ1) is 10.0. The summed E-state index contributed by atoms with van der Waals surface area (Å²) < 4.78 is 0. The third kappa shape index (κ3) is 3.42. The van der Waals surface area contributed by atoms with Gasteiger partial charge in [-0.2, -0.15) is 5.10 Å². The molecule has 0 saturated heterocycles. The van der Waals surface area contributed by atoms with E-state index >= 15 is 0 Å². The Bertz CT molecular complexity index is 604. The van der Waals surface area contributed by atoms with Gasteiger partial charge in [-0.3, -0.25) is 9.89 Å². The molecule has 112 valence electrons. The number of H-pyrrole nitrogens is 1. The standard InChI is InChI=1S/C16H22N4O/c1-10(2)14-13(17)15(20-19-14)16(21)18-9-11(3)12-7-5-4-6-8-12/h4-8,10-11H,9,17H2,1-3H3,(H,18,21)(H,19,20). The molecular weight excluding hydrogens is 264 g/mol. The number of aromatic amines is 1. The molecule has 21 heavy (non-hydrogen) atoms. The van der Waals surface area contributed by atoms with E-state index in [0.29, 0.717) is 12.2 Å². The average Bonchev–Trinajstić information content (AvgIpc) is 2.87. The van der Waals surface area contributed by atoms with Crippen molar-refractivity contribution in [2.75, 3.05) is 12.3 Å². The Morgan fingerprint density at radius 2 is 1.95 bits per heavy atom. The van der Waals surface area contributed by atoms with Crippen molar-refractivity contribution in [1.29, 1.82) is 0 Å². The van der Waals surface area contributed by atoms with Crippen molar-refractivity contribution >= 4 is 11.6 Å². The third-order valence-corrected chi connectivity index (χ3v) is 3.56. The number of nitrogen functional groups attached to an aromatic ring is 1. The summed E-state index contributed by atoms with van der Waals surface area (Å²) in [5, 5.41) is 9.75. The lowest BCUT2D eigenvalue weighted by atomic mass is 10.0. The zero-order valence-electron chi connectivity index (χ0n) is 12.7. The third-order valence-electron chi connectivity index (χ3n) is 3.56. The van der Waals surface area contributed by atoms with Crippen molar-refractivity contribution in [3.8, 4) is 0 Å². The first-order valence-corrected chi connectivity index (χ1v) is 7.17. The van der Waals surface area contributed by atoms with Crippen molar-refractivity contribution in [3.05, 3.63) is 47.3 Å². The number of amides is 1. The molecule has 2 aromatic rings. The van der Waals surface area contributed by atoms with Crippen LogP contribution in [0.3, 0.4) is 0 Å². The van der Waals surface area contributed by atoms with Gasteiger partial charge in [-0.05, 0) is 17.4 Å². The van der Waals surface area contributed by atoms with Crippen LogP contribution in [0.15, 0.2) is 30.3 Å². The molecule has 0 saturated carbocycles. The Kier molecular flexibility index (Phi) is 4.62. The molecule has 5 heteroatoms. The summed E-state index contributed by atoms with van der Waals surface area (Å²) in [5.41, 5.74) is 8.68. The number of aromatic nitrogens is 2. The summed E-state index contributed by atoms with van der Waals surface area (Å²) in [4.78, 5) is 12.2. The molecule has 0 aliphatic rings. The average molecular weight is 286 g/mol. The Balaban J connectivity index is 1.99. The highest BCUT2D eigenvalue weighted by Crippen LogP contribution is 2.22. The molecule has 0 aliphatic carbocycles. The monoisotopic (exact) mass is 286 g/mol. The number of nitrogens with two attached hydrogens (primary N) is 1. The van der Waals surface area contributed by atoms with Gasteiger partial charge in [0.2, 0.25) is 0 Å². The van der Waals surface area contributed by atoms with Crippen molar-refractivity contribution in [3.63, 3.8) is 0 Å². The molecule has 1 unspecified atom stereocenters. The Morgan fingerprint density at radius 1 is 1.29 bits per heavy atom. The number of nitrogens with zero attached hydrogens (tertiary/aromatic N) is 1. The van der Waals surface area contributed by atoms with Gasteiger partial charge >= 0.3 is 0 Å². The molecule has 0 spiro atoms. The van der Waals surface area contributed by atoms with Gasteiger partial charge in [0, 0.05) is 6.54 Å². The fraction of sp³-hybridized carbons (Fsp3) is 0.375. The molecule has 1 aromatic heterocycles. The molecule has 0 aliphatic heterocycles. The zero-order valence-corrected chi connectivity index (χ0v) is 12.7. The number of benzene rings is 1. The lowest BCUT2D eigenvalue weighted by Crippen LogP contribution is -2.28. The van der Waals surface area contributed by atoms with Gasteiger partial charge in [0.05, 0.1) is 11.4 Å². The second kappa shape index (κ2) is 6.43. The fourth-order valence-electron chi connectivity index (χ4n) is 2.21. The molecule has 1 heterocycles. The number of anilines is 1. The van der Waals surface area contributed by atoms with E-state index in [1.807, 2.05) is 32.0 Å². The summed E-state index contributed by atoms with van der Waals surface area (Å²) in [7, 11) is 0. The van der Waals surface area contributed by atoms with Crippen LogP contribution in [0.5, 0.6) is 0 Å². The van der Waals surface area contributed by atoms with Crippen molar-refractivity contribution in [2.45, 2.75) is 32.6 Å². The van der Waals surface area contributed by atoms with Crippen LogP contribution in [-0.4, -0.2) is 22.6 Å². The second-order valence-corrected chi connectivity index (χ2v) is 5.58. The van der Waals surface area contributed by atoms with Gasteiger partial charge in [-0.1, -0.05) is 51.1 Å². The topological polar surface area (TPSA) is 83.8 Å². The number of carbonyl (C=O) groups is 1. The maximum absolute atomic E-state index is 12.2. The number of nitrogens with one attached hydrogen (secondary N) is 2. The van der Waals surface area contributed by atoms with Crippen LogP contribution in [-0.2, 0) is 0 Å². The van der Waals surface area contributed by atoms with E-state index in [4.69, 9.17) is 5.73 Å². The van der Waals surface area contributed by atoms with Crippen LogP contribution < -0.4 is 11.1 Å². The molecule has 2 rings (SSSR count). The van der Waals surface area contributed by atoms with E-state index in [0.717, 1.165) is 5.69 Å². The minimum atomic E-state index is -0.238.